The molecular weight excluding hydrogens is 580 g/mol. The Morgan fingerprint density at radius 3 is 2.50 bits per heavy atom. The number of morpholine rings is 1. The van der Waals surface area contributed by atoms with E-state index in [1.165, 1.54) is 28.8 Å². The molecule has 15 heteroatoms. The van der Waals surface area contributed by atoms with E-state index in [1.54, 1.807) is 31.2 Å². The lowest BCUT2D eigenvalue weighted by Crippen LogP contribution is -2.49. The number of aliphatic hydroxyl groups excluding tert-OH is 1. The summed E-state index contributed by atoms with van der Waals surface area (Å²) in [5, 5.41) is 13.0. The molecule has 0 unspecified atom stereocenters. The van der Waals surface area contributed by atoms with Crippen LogP contribution in [0.2, 0.25) is 0 Å². The lowest BCUT2D eigenvalue weighted by Gasteiger charge is -2.21. The number of alkyl halides is 2. The number of carbonyl (C=O) groups is 2. The summed E-state index contributed by atoms with van der Waals surface area (Å²) >= 11 is 0. The van der Waals surface area contributed by atoms with Crippen LogP contribution in [0.15, 0.2) is 52.9 Å². The normalized spacial score (nSPS) is 15.3. The largest absolute Gasteiger partial charge is 0.547 e. The molecule has 0 bridgehead atoms. The van der Waals surface area contributed by atoms with Crippen molar-refractivity contribution in [1.82, 2.24) is 10.3 Å². The SMILES string of the molecule is CC[C@H](NC(=O)[C@H](CS(=O)(=O)Cc1ccccc1OC(F)F)OC(O)=[N+]1CCOCC1)C(=O)c1nc2ccccc2o1. The molecule has 1 saturated heterocycles. The Labute approximate surface area is 239 Å². The molecule has 1 aliphatic heterocycles. The molecule has 226 valence electrons. The van der Waals surface area contributed by atoms with Gasteiger partial charge in [-0.3, -0.25) is 9.59 Å². The van der Waals surface area contributed by atoms with Crippen molar-refractivity contribution in [3.8, 4) is 5.75 Å². The zero-order valence-corrected chi connectivity index (χ0v) is 23.4. The van der Waals surface area contributed by atoms with Gasteiger partial charge in [-0.05, 0) is 24.6 Å². The Hall–Kier alpha value is -4.11. The van der Waals surface area contributed by atoms with Gasteiger partial charge in [-0.2, -0.15) is 13.4 Å². The minimum atomic E-state index is -4.24. The minimum Gasteiger partial charge on any atom is -0.435 e. The lowest BCUT2D eigenvalue weighted by molar-refractivity contribution is -0.565. The fraction of sp³-hybridized carbons (Fsp3) is 0.407. The highest BCUT2D eigenvalue weighted by atomic mass is 32.2. The van der Waals surface area contributed by atoms with E-state index in [4.69, 9.17) is 13.9 Å². The maximum Gasteiger partial charge on any atom is 0.547 e. The molecule has 0 radical (unpaired) electrons. The number of oxazole rings is 1. The quantitative estimate of drug-likeness (QED) is 0.177. The highest BCUT2D eigenvalue weighted by Crippen LogP contribution is 2.23. The Kier molecular flexibility index (Phi) is 10.1. The van der Waals surface area contributed by atoms with Crippen LogP contribution in [0.4, 0.5) is 8.78 Å². The van der Waals surface area contributed by atoms with Gasteiger partial charge in [-0.25, -0.2) is 13.4 Å². The first-order valence-electron chi connectivity index (χ1n) is 13.0. The average molecular weight is 611 g/mol. The summed E-state index contributed by atoms with van der Waals surface area (Å²) in [6.07, 6.45) is -2.42. The molecule has 2 N–H and O–H groups in total. The molecule has 2 heterocycles. The minimum absolute atomic E-state index is 0.0593. The molecule has 0 aliphatic carbocycles. The van der Waals surface area contributed by atoms with Gasteiger partial charge in [0, 0.05) is 5.56 Å². The van der Waals surface area contributed by atoms with Crippen molar-refractivity contribution >= 4 is 38.7 Å². The van der Waals surface area contributed by atoms with Crippen LogP contribution in [-0.2, 0) is 29.9 Å². The Morgan fingerprint density at radius 2 is 1.81 bits per heavy atom. The van der Waals surface area contributed by atoms with Crippen LogP contribution < -0.4 is 10.1 Å². The standard InChI is InChI=1S/C27H29F2N3O9S/c1-2-18(23(33)25-31-19-8-4-6-10-21(19)39-25)30-24(34)22(41-27(35)32-11-13-38-14-12-32)16-42(36,37)15-17-7-3-5-9-20(17)40-26(28)29/h3-10,18,22,26H,2,11-16H2,1H3,(H,30,34)/p+1/t18-,22-/m0/s1. The zero-order valence-electron chi connectivity index (χ0n) is 22.6. The number of amides is 1. The number of hydrogen-bond donors (Lipinski definition) is 2. The summed E-state index contributed by atoms with van der Waals surface area (Å²) in [4.78, 5) is 30.7. The van der Waals surface area contributed by atoms with Crippen molar-refractivity contribution in [2.45, 2.75) is 37.9 Å². The van der Waals surface area contributed by atoms with Gasteiger partial charge in [0.15, 0.2) is 28.5 Å². The number of para-hydroxylation sites is 3. The number of nitrogens with one attached hydrogen (secondary N) is 1. The summed E-state index contributed by atoms with van der Waals surface area (Å²) in [7, 11) is -4.24. The monoisotopic (exact) mass is 610 g/mol. The van der Waals surface area contributed by atoms with E-state index in [1.807, 2.05) is 0 Å². The highest BCUT2D eigenvalue weighted by Gasteiger charge is 2.35. The zero-order chi connectivity index (χ0) is 30.3. The highest BCUT2D eigenvalue weighted by molar-refractivity contribution is 7.90. The van der Waals surface area contributed by atoms with Crippen molar-refractivity contribution in [2.75, 3.05) is 32.1 Å². The van der Waals surface area contributed by atoms with Crippen LogP contribution in [0.3, 0.4) is 0 Å². The molecule has 1 fully saturated rings. The van der Waals surface area contributed by atoms with Crippen LogP contribution in [-0.4, -0.2) is 91.7 Å². The molecule has 4 rings (SSSR count). The van der Waals surface area contributed by atoms with Crippen molar-refractivity contribution in [3.05, 3.63) is 60.0 Å². The number of rotatable bonds is 12. The number of aromatic nitrogens is 1. The number of benzene rings is 2. The number of hydrogen-bond acceptors (Lipinski definition) is 9. The second-order valence-electron chi connectivity index (χ2n) is 9.35. The summed E-state index contributed by atoms with van der Waals surface area (Å²) in [6.45, 7) is -0.588. The van der Waals surface area contributed by atoms with E-state index in [2.05, 4.69) is 15.0 Å². The number of ketones is 1. The number of sulfone groups is 1. The Morgan fingerprint density at radius 1 is 1.12 bits per heavy atom. The van der Waals surface area contributed by atoms with Gasteiger partial charge in [0.1, 0.15) is 24.5 Å². The number of Topliss-reactive ketones (excluding diaryl/α,β-unsaturated/α-hetero) is 1. The van der Waals surface area contributed by atoms with E-state index in [-0.39, 0.29) is 49.9 Å². The van der Waals surface area contributed by atoms with Gasteiger partial charge in [0.25, 0.3) is 11.8 Å². The molecule has 0 spiro atoms. The van der Waals surface area contributed by atoms with Crippen LogP contribution >= 0.6 is 0 Å². The van der Waals surface area contributed by atoms with Gasteiger partial charge >= 0.3 is 12.7 Å². The Balaban J connectivity index is 1.56. The first kappa shape index (κ1) is 30.8. The topological polar surface area (TPSA) is 157 Å². The molecule has 2 atom stereocenters. The van der Waals surface area contributed by atoms with Crippen LogP contribution in [0.5, 0.6) is 5.75 Å². The predicted octanol–water partition coefficient (Wildman–Crippen LogP) is 2.46. The van der Waals surface area contributed by atoms with Crippen molar-refractivity contribution in [3.63, 3.8) is 0 Å². The fourth-order valence-corrected chi connectivity index (χ4v) is 5.74. The number of nitrogens with zero attached hydrogens (tertiary/aromatic N) is 2. The van der Waals surface area contributed by atoms with Crippen LogP contribution in [0, 0.1) is 0 Å². The van der Waals surface area contributed by atoms with Crippen molar-refractivity contribution in [1.29, 1.82) is 0 Å². The first-order valence-corrected chi connectivity index (χ1v) is 14.9. The summed E-state index contributed by atoms with van der Waals surface area (Å²) < 4.78 is 74.1. The molecule has 1 amide bonds. The van der Waals surface area contributed by atoms with E-state index in [0.717, 1.165) is 0 Å². The Bertz CT molecular complexity index is 1520. The number of halogens is 2. The first-order chi connectivity index (χ1) is 20.1. The molecule has 2 aromatic carbocycles. The van der Waals surface area contributed by atoms with Gasteiger partial charge in [0.2, 0.25) is 11.9 Å². The van der Waals surface area contributed by atoms with E-state index < -0.39 is 57.9 Å². The molecule has 1 aromatic heterocycles. The number of fused-ring (bicyclic) bond motifs is 1. The van der Waals surface area contributed by atoms with Gasteiger partial charge in [0.05, 0.1) is 17.5 Å². The van der Waals surface area contributed by atoms with Gasteiger partial charge in [-0.15, -0.1) is 0 Å². The predicted molar refractivity (Wildman–Crippen MR) is 144 cm³/mol. The molecule has 42 heavy (non-hydrogen) atoms. The molecule has 1 aliphatic rings. The molecular formula is C27H30F2N3O9S+. The third-order valence-electron chi connectivity index (χ3n) is 6.34. The van der Waals surface area contributed by atoms with E-state index >= 15 is 0 Å². The van der Waals surface area contributed by atoms with Gasteiger partial charge < -0.3 is 29.1 Å². The van der Waals surface area contributed by atoms with E-state index in [0.29, 0.717) is 11.1 Å². The second-order valence-corrected chi connectivity index (χ2v) is 11.5. The lowest BCUT2D eigenvalue weighted by atomic mass is 10.1. The van der Waals surface area contributed by atoms with Crippen molar-refractivity contribution in [2.24, 2.45) is 0 Å². The fourth-order valence-electron chi connectivity index (χ4n) is 4.22. The average Bonchev–Trinajstić information content (AvgIpc) is 3.40. The maximum atomic E-state index is 13.4. The number of aliphatic hydroxyl groups is 1. The third kappa shape index (κ3) is 8.00. The maximum absolute atomic E-state index is 13.4. The molecule has 12 nitrogen and oxygen atoms in total. The number of carbonyl (C=O) groups excluding carboxylic acids is 2. The number of ether oxygens (including phenoxy) is 3. The second kappa shape index (κ2) is 13.7. The summed E-state index contributed by atoms with van der Waals surface area (Å²) in [6, 6.07) is 10.9. The van der Waals surface area contributed by atoms with Crippen LogP contribution in [0.1, 0.15) is 29.6 Å². The summed E-state index contributed by atoms with van der Waals surface area (Å²) in [5.41, 5.74) is 0.752. The van der Waals surface area contributed by atoms with Crippen molar-refractivity contribution < 1.29 is 55.1 Å². The summed E-state index contributed by atoms with van der Waals surface area (Å²) in [5.74, 6) is -3.96. The third-order valence-corrected chi connectivity index (χ3v) is 7.90. The van der Waals surface area contributed by atoms with Crippen LogP contribution in [0.25, 0.3) is 11.1 Å². The molecule has 0 saturated carbocycles. The van der Waals surface area contributed by atoms with E-state index in [9.17, 15) is 31.9 Å². The smallest absolute Gasteiger partial charge is 0.435 e. The molecule has 3 aromatic rings. The van der Waals surface area contributed by atoms with Gasteiger partial charge in [-0.1, -0.05) is 37.3 Å².